The number of nitrogens with two attached hydrogens (primary N) is 1. The van der Waals surface area contributed by atoms with Crippen LogP contribution in [0.15, 0.2) is 29.2 Å². The van der Waals surface area contributed by atoms with Gasteiger partial charge in [0.1, 0.15) is 10.0 Å². The maximum absolute atomic E-state index is 10.3. The van der Waals surface area contributed by atoms with Crippen molar-refractivity contribution in [1.29, 1.82) is 0 Å². The van der Waals surface area contributed by atoms with Crippen LogP contribution in [0.4, 0.5) is 5.13 Å². The van der Waals surface area contributed by atoms with E-state index in [2.05, 4.69) is 10.3 Å². The molecule has 1 aromatic heterocycles. The van der Waals surface area contributed by atoms with Crippen molar-refractivity contribution >= 4 is 46.4 Å². The molecule has 1 heterocycles. The van der Waals surface area contributed by atoms with Gasteiger partial charge in [-0.1, -0.05) is 35.1 Å². The molecule has 17 heavy (non-hydrogen) atoms. The number of carbonyl (C=O) groups is 1. The van der Waals surface area contributed by atoms with Crippen LogP contribution in [0.2, 0.25) is 4.34 Å². The van der Waals surface area contributed by atoms with Gasteiger partial charge < -0.3 is 5.32 Å². The first kappa shape index (κ1) is 12.4. The molecule has 0 unspecified atom stereocenters. The molecule has 0 aliphatic rings. The Morgan fingerprint density at radius 2 is 2.12 bits per heavy atom. The molecule has 0 aliphatic heterocycles. The topological polar surface area (TPSA) is 68.0 Å². The molecule has 0 saturated carbocycles. The minimum Gasteiger partial charge on any atom is -0.305 e. The Bertz CT molecular complexity index is 527. The predicted molar refractivity (Wildman–Crippen MR) is 72.3 cm³/mol. The first-order chi connectivity index (χ1) is 8.24. The monoisotopic (exact) mass is 285 g/mol. The fourth-order valence-corrected chi connectivity index (χ4v) is 2.62. The van der Waals surface area contributed by atoms with Gasteiger partial charge in [-0.3, -0.25) is 9.93 Å². The summed E-state index contributed by atoms with van der Waals surface area (Å²) in [7, 11) is 0. The zero-order valence-electron chi connectivity index (χ0n) is 8.51. The summed E-state index contributed by atoms with van der Waals surface area (Å²) in [6.45, 7) is 0. The molecular weight excluding hydrogens is 278 g/mol. The molecule has 0 radical (unpaired) electrons. The fraction of sp³-hybridized carbons (Fsp3) is 0. The van der Waals surface area contributed by atoms with Crippen molar-refractivity contribution < 1.29 is 4.79 Å². The quantitative estimate of drug-likeness (QED) is 0.669. The second-order valence-electron chi connectivity index (χ2n) is 3.05. The molecule has 1 amide bonds. The number of benzene rings is 1. The summed E-state index contributed by atoms with van der Waals surface area (Å²) in [5, 5.41) is 8.40. The fourth-order valence-electron chi connectivity index (χ4n) is 1.28. The first-order valence-electron chi connectivity index (χ1n) is 4.58. The van der Waals surface area contributed by atoms with E-state index in [0.717, 1.165) is 10.5 Å². The molecule has 3 N–H and O–H groups in total. The maximum Gasteiger partial charge on any atom is 0.213 e. The molecule has 7 heteroatoms. The summed E-state index contributed by atoms with van der Waals surface area (Å²) in [4.78, 5) is 15.5. The Balaban J connectivity index is 2.34. The third kappa shape index (κ3) is 2.78. The highest BCUT2D eigenvalue weighted by Crippen LogP contribution is 2.35. The largest absolute Gasteiger partial charge is 0.305 e. The molecule has 0 spiro atoms. The Hall–Kier alpha value is -1.08. The van der Waals surface area contributed by atoms with Gasteiger partial charge in [-0.25, -0.2) is 4.98 Å². The van der Waals surface area contributed by atoms with Crippen LogP contribution in [-0.4, -0.2) is 11.4 Å². The van der Waals surface area contributed by atoms with Crippen LogP contribution >= 0.6 is 34.9 Å². The van der Waals surface area contributed by atoms with E-state index >= 15 is 0 Å². The summed E-state index contributed by atoms with van der Waals surface area (Å²) in [6, 6.07) is 7.56. The van der Waals surface area contributed by atoms with E-state index < -0.39 is 0 Å². The van der Waals surface area contributed by atoms with Gasteiger partial charge >= 0.3 is 0 Å². The Kier molecular flexibility index (Phi) is 4.01. The number of hydrogen-bond donors (Lipinski definition) is 2. The van der Waals surface area contributed by atoms with E-state index in [1.807, 2.05) is 24.3 Å². The van der Waals surface area contributed by atoms with Gasteiger partial charge in [0.25, 0.3) is 0 Å². The predicted octanol–water partition coefficient (Wildman–Crippen LogP) is 3.00. The Morgan fingerprint density at radius 3 is 2.71 bits per heavy atom. The van der Waals surface area contributed by atoms with E-state index in [9.17, 15) is 4.79 Å². The summed E-state index contributed by atoms with van der Waals surface area (Å²) < 4.78 is 0.544. The van der Waals surface area contributed by atoms with Gasteiger partial charge in [-0.2, -0.15) is 0 Å². The molecule has 0 aliphatic carbocycles. The SMILES string of the molecule is NSc1ccc(-c2nc(NC=O)sc2Cl)cc1. The van der Waals surface area contributed by atoms with Crippen molar-refractivity contribution in [3.63, 3.8) is 0 Å². The van der Waals surface area contributed by atoms with Gasteiger partial charge in [0.05, 0.1) is 0 Å². The lowest BCUT2D eigenvalue weighted by molar-refractivity contribution is -0.105. The summed E-state index contributed by atoms with van der Waals surface area (Å²) in [5.41, 5.74) is 1.55. The minimum absolute atomic E-state index is 0.484. The number of aromatic nitrogens is 1. The number of nitrogens with one attached hydrogen (secondary N) is 1. The summed E-state index contributed by atoms with van der Waals surface area (Å²) in [6.07, 6.45) is 0.576. The number of carbonyl (C=O) groups excluding carboxylic acids is 1. The third-order valence-electron chi connectivity index (χ3n) is 2.03. The number of rotatable bonds is 4. The Labute approximate surface area is 111 Å². The van der Waals surface area contributed by atoms with Crippen molar-refractivity contribution in [2.45, 2.75) is 4.90 Å². The van der Waals surface area contributed by atoms with Crippen molar-refractivity contribution in [3.8, 4) is 11.3 Å². The normalized spacial score (nSPS) is 10.2. The molecule has 1 aromatic carbocycles. The van der Waals surface area contributed by atoms with Crippen molar-refractivity contribution in [1.82, 2.24) is 4.98 Å². The van der Waals surface area contributed by atoms with Crippen LogP contribution in [0.3, 0.4) is 0 Å². The lowest BCUT2D eigenvalue weighted by Gasteiger charge is -1.99. The van der Waals surface area contributed by atoms with Gasteiger partial charge in [0, 0.05) is 10.5 Å². The van der Waals surface area contributed by atoms with Crippen LogP contribution in [-0.2, 0) is 4.79 Å². The van der Waals surface area contributed by atoms with Crippen molar-refractivity contribution in [3.05, 3.63) is 28.6 Å². The second kappa shape index (κ2) is 5.50. The number of nitrogens with zero attached hydrogens (tertiary/aromatic N) is 1. The standard InChI is InChI=1S/C10H8ClN3OS2/c11-9-8(14-10(16-9)13-5-15)6-1-3-7(17-12)4-2-6/h1-5H,12H2,(H,13,14,15). The van der Waals surface area contributed by atoms with Crippen molar-refractivity contribution in [2.75, 3.05) is 5.32 Å². The average molecular weight is 286 g/mol. The highest BCUT2D eigenvalue weighted by atomic mass is 35.5. The van der Waals surface area contributed by atoms with Crippen LogP contribution in [0, 0.1) is 0 Å². The first-order valence-corrected chi connectivity index (χ1v) is 6.65. The molecule has 0 atom stereocenters. The highest BCUT2D eigenvalue weighted by molar-refractivity contribution is 7.97. The lowest BCUT2D eigenvalue weighted by Crippen LogP contribution is -1.92. The molecule has 0 saturated heterocycles. The Morgan fingerprint density at radius 1 is 1.41 bits per heavy atom. The zero-order valence-corrected chi connectivity index (χ0v) is 10.9. The minimum atomic E-state index is 0.484. The van der Waals surface area contributed by atoms with Gasteiger partial charge in [-0.15, -0.1) is 0 Å². The summed E-state index contributed by atoms with van der Waals surface area (Å²) >= 11 is 8.47. The number of anilines is 1. The second-order valence-corrected chi connectivity index (χ2v) is 5.35. The molecular formula is C10H8ClN3OS2. The van der Waals surface area contributed by atoms with Crippen molar-refractivity contribution in [2.24, 2.45) is 5.14 Å². The van der Waals surface area contributed by atoms with E-state index in [1.165, 1.54) is 23.3 Å². The molecule has 88 valence electrons. The van der Waals surface area contributed by atoms with E-state index in [1.54, 1.807) is 0 Å². The third-order valence-corrected chi connectivity index (χ3v) is 3.76. The van der Waals surface area contributed by atoms with Crippen LogP contribution in [0.1, 0.15) is 0 Å². The van der Waals surface area contributed by atoms with Gasteiger partial charge in [0.2, 0.25) is 6.41 Å². The molecule has 2 aromatic rings. The average Bonchev–Trinajstić information content (AvgIpc) is 2.71. The smallest absolute Gasteiger partial charge is 0.213 e. The van der Waals surface area contributed by atoms with Crippen LogP contribution in [0.5, 0.6) is 0 Å². The van der Waals surface area contributed by atoms with Crippen LogP contribution < -0.4 is 10.5 Å². The lowest BCUT2D eigenvalue weighted by atomic mass is 10.2. The zero-order chi connectivity index (χ0) is 12.3. The highest BCUT2D eigenvalue weighted by Gasteiger charge is 2.10. The molecule has 0 bridgehead atoms. The van der Waals surface area contributed by atoms with Crippen LogP contribution in [0.25, 0.3) is 11.3 Å². The molecule has 0 fully saturated rings. The number of amides is 1. The van der Waals surface area contributed by atoms with Gasteiger partial charge in [0.15, 0.2) is 5.13 Å². The van der Waals surface area contributed by atoms with Gasteiger partial charge in [-0.05, 0) is 24.1 Å². The number of hydrogen-bond acceptors (Lipinski definition) is 5. The van der Waals surface area contributed by atoms with E-state index in [0.29, 0.717) is 21.6 Å². The maximum atomic E-state index is 10.3. The number of halogens is 1. The molecule has 2 rings (SSSR count). The number of thiazole rings is 1. The molecule has 4 nitrogen and oxygen atoms in total. The van der Waals surface area contributed by atoms with E-state index in [-0.39, 0.29) is 0 Å². The van der Waals surface area contributed by atoms with E-state index in [4.69, 9.17) is 16.7 Å². The summed E-state index contributed by atoms with van der Waals surface area (Å²) in [5.74, 6) is 0.